The van der Waals surface area contributed by atoms with Gasteiger partial charge in [0.2, 0.25) is 5.69 Å². The number of nitrogens with one attached hydrogen (secondary N) is 1. The highest BCUT2D eigenvalue weighted by molar-refractivity contribution is 5.90. The Morgan fingerprint density at radius 3 is 2.63 bits per heavy atom. The van der Waals surface area contributed by atoms with Crippen LogP contribution < -0.4 is 0 Å². The summed E-state index contributed by atoms with van der Waals surface area (Å²) in [5.74, 6) is -1.08. The van der Waals surface area contributed by atoms with Crippen LogP contribution in [0.25, 0.3) is 0 Å². The molecule has 1 aliphatic carbocycles. The second-order valence-corrected chi connectivity index (χ2v) is 5.08. The van der Waals surface area contributed by atoms with E-state index in [4.69, 9.17) is 5.11 Å². The first-order valence-electron chi connectivity index (χ1n) is 6.48. The van der Waals surface area contributed by atoms with Crippen LogP contribution in [0.2, 0.25) is 0 Å². The number of hydrogen-bond acceptors (Lipinski definition) is 4. The topological polar surface area (TPSA) is 109 Å². The second kappa shape index (κ2) is 5.38. The Labute approximate surface area is 110 Å². The first-order valence-corrected chi connectivity index (χ1v) is 6.48. The molecule has 19 heavy (non-hydrogen) atoms. The summed E-state index contributed by atoms with van der Waals surface area (Å²) in [5, 5.41) is 26.2. The number of aromatic amines is 1. The zero-order chi connectivity index (χ0) is 14.0. The third-order valence-electron chi connectivity index (χ3n) is 3.97. The van der Waals surface area contributed by atoms with E-state index in [9.17, 15) is 14.9 Å². The quantitative estimate of drug-likeness (QED) is 0.643. The molecule has 1 aromatic heterocycles. The number of hydrogen-bond donors (Lipinski definition) is 2. The van der Waals surface area contributed by atoms with Crippen molar-refractivity contribution in [2.45, 2.75) is 44.9 Å². The summed E-state index contributed by atoms with van der Waals surface area (Å²) in [6.07, 6.45) is 5.51. The van der Waals surface area contributed by atoms with Gasteiger partial charge in [0, 0.05) is 5.92 Å². The first kappa shape index (κ1) is 13.5. The van der Waals surface area contributed by atoms with Crippen molar-refractivity contribution in [3.63, 3.8) is 0 Å². The van der Waals surface area contributed by atoms with Gasteiger partial charge in [-0.3, -0.25) is 15.2 Å². The summed E-state index contributed by atoms with van der Waals surface area (Å²) in [7, 11) is 0. The fraction of sp³-hybridized carbons (Fsp3) is 0.667. The van der Waals surface area contributed by atoms with Gasteiger partial charge in [0.25, 0.3) is 0 Å². The molecule has 0 amide bonds. The van der Waals surface area contributed by atoms with Gasteiger partial charge in [0.15, 0.2) is 0 Å². The maximum absolute atomic E-state index is 11.1. The molecule has 0 saturated heterocycles. The highest BCUT2D eigenvalue weighted by Gasteiger charge is 2.34. The van der Waals surface area contributed by atoms with E-state index < -0.39 is 16.6 Å². The molecule has 7 heteroatoms. The Morgan fingerprint density at radius 2 is 2.11 bits per heavy atom. The lowest BCUT2D eigenvalue weighted by atomic mass is 9.79. The lowest BCUT2D eigenvalue weighted by molar-refractivity contribution is -0.386. The van der Waals surface area contributed by atoms with Crippen molar-refractivity contribution in [1.82, 2.24) is 10.2 Å². The molecule has 1 atom stereocenters. The van der Waals surface area contributed by atoms with E-state index in [1.165, 1.54) is 6.42 Å². The van der Waals surface area contributed by atoms with Gasteiger partial charge in [0.1, 0.15) is 5.69 Å². The van der Waals surface area contributed by atoms with Crippen LogP contribution in [0.1, 0.15) is 61.1 Å². The van der Waals surface area contributed by atoms with Gasteiger partial charge in [0.05, 0.1) is 4.92 Å². The third-order valence-corrected chi connectivity index (χ3v) is 3.97. The number of aromatic carboxylic acids is 1. The zero-order valence-electron chi connectivity index (χ0n) is 10.8. The molecule has 0 bridgehead atoms. The summed E-state index contributed by atoms with van der Waals surface area (Å²) in [4.78, 5) is 21.4. The van der Waals surface area contributed by atoms with E-state index in [1.807, 2.05) is 6.92 Å². The largest absolute Gasteiger partial charge is 0.476 e. The van der Waals surface area contributed by atoms with E-state index >= 15 is 0 Å². The van der Waals surface area contributed by atoms with Crippen molar-refractivity contribution in [1.29, 1.82) is 0 Å². The smallest absolute Gasteiger partial charge is 0.363 e. The van der Waals surface area contributed by atoms with Crippen molar-refractivity contribution in [3.8, 4) is 0 Å². The standard InChI is InChI=1S/C12H17N3O4/c1-7(8-5-3-2-4-6-8)9-11(15(18)19)10(12(16)17)14-13-9/h7-8H,2-6H2,1H3,(H,13,14)(H,16,17). The number of carbonyl (C=O) groups is 1. The molecule has 2 N–H and O–H groups in total. The molecular formula is C12H17N3O4. The fourth-order valence-corrected chi connectivity index (χ4v) is 2.87. The highest BCUT2D eigenvalue weighted by Crippen LogP contribution is 2.39. The van der Waals surface area contributed by atoms with Gasteiger partial charge >= 0.3 is 11.7 Å². The molecule has 7 nitrogen and oxygen atoms in total. The van der Waals surface area contributed by atoms with Gasteiger partial charge < -0.3 is 5.11 Å². The molecular weight excluding hydrogens is 250 g/mol. The van der Waals surface area contributed by atoms with Crippen molar-refractivity contribution >= 4 is 11.7 Å². The zero-order valence-corrected chi connectivity index (χ0v) is 10.8. The van der Waals surface area contributed by atoms with Gasteiger partial charge in [-0.05, 0) is 18.8 Å². The van der Waals surface area contributed by atoms with Crippen LogP contribution in [0.5, 0.6) is 0 Å². The van der Waals surface area contributed by atoms with Crippen LogP contribution in [-0.2, 0) is 0 Å². The first-order chi connectivity index (χ1) is 9.02. The molecule has 0 aromatic carbocycles. The number of aromatic nitrogens is 2. The minimum Gasteiger partial charge on any atom is -0.476 e. The number of nitrogens with zero attached hydrogens (tertiary/aromatic N) is 2. The fourth-order valence-electron chi connectivity index (χ4n) is 2.87. The predicted octanol–water partition coefficient (Wildman–Crippen LogP) is 2.70. The molecule has 0 radical (unpaired) electrons. The van der Waals surface area contributed by atoms with E-state index in [0.717, 1.165) is 25.7 Å². The molecule has 1 aliphatic rings. The van der Waals surface area contributed by atoms with Crippen LogP contribution in [0.4, 0.5) is 5.69 Å². The normalized spacial score (nSPS) is 18.2. The van der Waals surface area contributed by atoms with Gasteiger partial charge in [-0.1, -0.05) is 26.2 Å². The summed E-state index contributed by atoms with van der Waals surface area (Å²) < 4.78 is 0. The predicted molar refractivity (Wildman–Crippen MR) is 67.2 cm³/mol. The Hall–Kier alpha value is -1.92. The number of carboxylic acid groups (broad SMARTS) is 1. The molecule has 0 spiro atoms. The van der Waals surface area contributed by atoms with Crippen molar-refractivity contribution in [3.05, 3.63) is 21.5 Å². The van der Waals surface area contributed by atoms with Crippen LogP contribution in [0.15, 0.2) is 0 Å². The molecule has 2 rings (SSSR count). The number of carboxylic acids is 1. The van der Waals surface area contributed by atoms with Crippen LogP contribution in [-0.4, -0.2) is 26.2 Å². The summed E-state index contributed by atoms with van der Waals surface area (Å²) in [6, 6.07) is 0. The molecule has 0 aliphatic heterocycles. The average Bonchev–Trinajstić information content (AvgIpc) is 2.83. The molecule has 1 saturated carbocycles. The maximum atomic E-state index is 11.1. The minimum atomic E-state index is -1.37. The molecule has 1 unspecified atom stereocenters. The molecule has 1 aromatic rings. The number of nitro groups is 1. The molecule has 1 heterocycles. The van der Waals surface area contributed by atoms with Crippen molar-refractivity contribution in [2.24, 2.45) is 5.92 Å². The van der Waals surface area contributed by atoms with Crippen LogP contribution >= 0.6 is 0 Å². The van der Waals surface area contributed by atoms with E-state index in [-0.39, 0.29) is 11.6 Å². The SMILES string of the molecule is CC(c1[nH]nc(C(=O)O)c1[N+](=O)[O-])C1CCCCC1. The monoisotopic (exact) mass is 267 g/mol. The number of H-pyrrole nitrogens is 1. The van der Waals surface area contributed by atoms with Crippen LogP contribution in [0, 0.1) is 16.0 Å². The van der Waals surface area contributed by atoms with Gasteiger partial charge in [-0.2, -0.15) is 5.10 Å². The summed E-state index contributed by atoms with van der Waals surface area (Å²) >= 11 is 0. The Bertz CT molecular complexity index is 491. The van der Waals surface area contributed by atoms with Gasteiger partial charge in [-0.15, -0.1) is 0 Å². The van der Waals surface area contributed by atoms with Crippen molar-refractivity contribution < 1.29 is 14.8 Å². The maximum Gasteiger partial charge on any atom is 0.363 e. The van der Waals surface area contributed by atoms with E-state index in [0.29, 0.717) is 11.6 Å². The average molecular weight is 267 g/mol. The lowest BCUT2D eigenvalue weighted by Gasteiger charge is -2.26. The third kappa shape index (κ3) is 2.59. The number of rotatable bonds is 4. The molecule has 1 fully saturated rings. The van der Waals surface area contributed by atoms with E-state index in [1.54, 1.807) is 0 Å². The lowest BCUT2D eigenvalue weighted by Crippen LogP contribution is -2.15. The Morgan fingerprint density at radius 1 is 1.47 bits per heavy atom. The Kier molecular flexibility index (Phi) is 3.82. The minimum absolute atomic E-state index is 0.0682. The summed E-state index contributed by atoms with van der Waals surface area (Å²) in [5.41, 5.74) is -0.539. The van der Waals surface area contributed by atoms with Gasteiger partial charge in [-0.25, -0.2) is 4.79 Å². The Balaban J connectivity index is 2.33. The molecule has 104 valence electrons. The highest BCUT2D eigenvalue weighted by atomic mass is 16.6. The summed E-state index contributed by atoms with van der Waals surface area (Å²) in [6.45, 7) is 1.90. The second-order valence-electron chi connectivity index (χ2n) is 5.08. The van der Waals surface area contributed by atoms with Crippen molar-refractivity contribution in [2.75, 3.05) is 0 Å². The van der Waals surface area contributed by atoms with Crippen LogP contribution in [0.3, 0.4) is 0 Å². The van der Waals surface area contributed by atoms with E-state index in [2.05, 4.69) is 10.2 Å².